The first-order chi connectivity index (χ1) is 7.04. The SMILES string of the molecule is Cc1nn(C)cc1C(C)NC(=O)CCN.Cl. The van der Waals surface area contributed by atoms with Gasteiger partial charge in [-0.3, -0.25) is 9.48 Å². The monoisotopic (exact) mass is 246 g/mol. The number of carbonyl (C=O) groups excluding carboxylic acids is 1. The van der Waals surface area contributed by atoms with Crippen molar-refractivity contribution in [3.63, 3.8) is 0 Å². The molecule has 0 saturated heterocycles. The molecule has 0 aromatic carbocycles. The van der Waals surface area contributed by atoms with Gasteiger partial charge in [-0.05, 0) is 13.8 Å². The number of aromatic nitrogens is 2. The van der Waals surface area contributed by atoms with E-state index in [0.717, 1.165) is 11.3 Å². The zero-order valence-corrected chi connectivity index (χ0v) is 10.7. The molecule has 6 heteroatoms. The van der Waals surface area contributed by atoms with Crippen molar-refractivity contribution in [1.29, 1.82) is 0 Å². The Morgan fingerprint density at radius 2 is 2.31 bits per heavy atom. The summed E-state index contributed by atoms with van der Waals surface area (Å²) in [6.07, 6.45) is 2.28. The number of aryl methyl sites for hydroxylation is 2. The molecule has 1 amide bonds. The van der Waals surface area contributed by atoms with Crippen LogP contribution < -0.4 is 11.1 Å². The Kier molecular flexibility index (Phi) is 6.06. The molecular formula is C10H19ClN4O. The summed E-state index contributed by atoms with van der Waals surface area (Å²) in [5.41, 5.74) is 7.29. The van der Waals surface area contributed by atoms with E-state index in [1.54, 1.807) is 4.68 Å². The Hall–Kier alpha value is -1.07. The Labute approximate surface area is 102 Å². The molecule has 0 radical (unpaired) electrons. The number of rotatable bonds is 4. The fourth-order valence-electron chi connectivity index (χ4n) is 1.57. The highest BCUT2D eigenvalue weighted by molar-refractivity contribution is 5.85. The average molecular weight is 247 g/mol. The van der Waals surface area contributed by atoms with Crippen molar-refractivity contribution in [2.24, 2.45) is 12.8 Å². The highest BCUT2D eigenvalue weighted by atomic mass is 35.5. The van der Waals surface area contributed by atoms with Gasteiger partial charge in [-0.25, -0.2) is 0 Å². The van der Waals surface area contributed by atoms with Crippen LogP contribution in [0.15, 0.2) is 6.20 Å². The second kappa shape index (κ2) is 6.50. The van der Waals surface area contributed by atoms with Gasteiger partial charge in [0.15, 0.2) is 0 Å². The molecule has 0 fully saturated rings. The minimum atomic E-state index is -0.0201. The first-order valence-electron chi connectivity index (χ1n) is 5.04. The van der Waals surface area contributed by atoms with Gasteiger partial charge in [0.1, 0.15) is 0 Å². The molecule has 1 heterocycles. The van der Waals surface area contributed by atoms with Crippen LogP contribution in [0, 0.1) is 6.92 Å². The summed E-state index contributed by atoms with van der Waals surface area (Å²) in [7, 11) is 1.87. The first-order valence-corrected chi connectivity index (χ1v) is 5.04. The predicted molar refractivity (Wildman–Crippen MR) is 65.4 cm³/mol. The molecule has 1 atom stereocenters. The summed E-state index contributed by atoms with van der Waals surface area (Å²) >= 11 is 0. The topological polar surface area (TPSA) is 72.9 Å². The van der Waals surface area contributed by atoms with Gasteiger partial charge in [0, 0.05) is 31.8 Å². The van der Waals surface area contributed by atoms with E-state index in [4.69, 9.17) is 5.73 Å². The fourth-order valence-corrected chi connectivity index (χ4v) is 1.57. The Balaban J connectivity index is 0.00000225. The number of nitrogens with one attached hydrogen (secondary N) is 1. The largest absolute Gasteiger partial charge is 0.349 e. The van der Waals surface area contributed by atoms with E-state index in [-0.39, 0.29) is 24.4 Å². The minimum Gasteiger partial charge on any atom is -0.349 e. The smallest absolute Gasteiger partial charge is 0.221 e. The third-order valence-electron chi connectivity index (χ3n) is 2.27. The van der Waals surface area contributed by atoms with E-state index in [9.17, 15) is 4.79 Å². The van der Waals surface area contributed by atoms with Crippen LogP contribution in [0.4, 0.5) is 0 Å². The normalized spacial score (nSPS) is 11.8. The molecule has 16 heavy (non-hydrogen) atoms. The Bertz CT molecular complexity index is 351. The van der Waals surface area contributed by atoms with Gasteiger partial charge in [-0.1, -0.05) is 0 Å². The first kappa shape index (κ1) is 14.9. The van der Waals surface area contributed by atoms with Gasteiger partial charge in [-0.2, -0.15) is 5.10 Å². The number of nitrogens with two attached hydrogens (primary N) is 1. The van der Waals surface area contributed by atoms with Crippen molar-refractivity contribution in [2.45, 2.75) is 26.3 Å². The van der Waals surface area contributed by atoms with Gasteiger partial charge in [0.2, 0.25) is 5.91 Å². The van der Waals surface area contributed by atoms with Gasteiger partial charge in [0.05, 0.1) is 11.7 Å². The molecule has 5 nitrogen and oxygen atoms in total. The molecule has 0 saturated carbocycles. The second-order valence-electron chi connectivity index (χ2n) is 3.67. The predicted octanol–water partition coefficient (Wildman–Crippen LogP) is 0.676. The number of hydrogen-bond acceptors (Lipinski definition) is 3. The third-order valence-corrected chi connectivity index (χ3v) is 2.27. The summed E-state index contributed by atoms with van der Waals surface area (Å²) in [5, 5.41) is 7.11. The van der Waals surface area contributed by atoms with Crippen molar-refractivity contribution in [3.05, 3.63) is 17.5 Å². The number of amides is 1. The Morgan fingerprint density at radius 3 is 2.75 bits per heavy atom. The summed E-state index contributed by atoms with van der Waals surface area (Å²) in [6, 6.07) is -0.0160. The lowest BCUT2D eigenvalue weighted by atomic mass is 10.1. The van der Waals surface area contributed by atoms with Crippen LogP contribution in [0.1, 0.15) is 30.6 Å². The van der Waals surface area contributed by atoms with E-state index >= 15 is 0 Å². The van der Waals surface area contributed by atoms with E-state index in [1.165, 1.54) is 0 Å². The van der Waals surface area contributed by atoms with Crippen molar-refractivity contribution in [3.8, 4) is 0 Å². The van der Waals surface area contributed by atoms with Crippen LogP contribution in [-0.4, -0.2) is 22.2 Å². The van der Waals surface area contributed by atoms with Crippen LogP contribution in [0.2, 0.25) is 0 Å². The molecule has 0 aliphatic carbocycles. The zero-order valence-electron chi connectivity index (χ0n) is 9.86. The maximum Gasteiger partial charge on any atom is 0.221 e. The zero-order chi connectivity index (χ0) is 11.4. The summed E-state index contributed by atoms with van der Waals surface area (Å²) < 4.78 is 1.75. The number of halogens is 1. The lowest BCUT2D eigenvalue weighted by molar-refractivity contribution is -0.121. The maximum atomic E-state index is 11.3. The highest BCUT2D eigenvalue weighted by Crippen LogP contribution is 2.15. The van der Waals surface area contributed by atoms with E-state index < -0.39 is 0 Å². The average Bonchev–Trinajstić information content (AvgIpc) is 2.45. The van der Waals surface area contributed by atoms with E-state index in [2.05, 4.69) is 10.4 Å². The lowest BCUT2D eigenvalue weighted by Gasteiger charge is -2.12. The molecule has 1 unspecified atom stereocenters. The molecule has 1 aromatic rings. The number of carbonyl (C=O) groups is 1. The van der Waals surface area contributed by atoms with E-state index in [1.807, 2.05) is 27.1 Å². The van der Waals surface area contributed by atoms with Gasteiger partial charge in [0.25, 0.3) is 0 Å². The Morgan fingerprint density at radius 1 is 1.69 bits per heavy atom. The quantitative estimate of drug-likeness (QED) is 0.821. The molecule has 0 aliphatic rings. The molecular weight excluding hydrogens is 228 g/mol. The highest BCUT2D eigenvalue weighted by Gasteiger charge is 2.13. The number of nitrogens with zero attached hydrogens (tertiary/aromatic N) is 2. The summed E-state index contributed by atoms with van der Waals surface area (Å²) in [4.78, 5) is 11.3. The molecule has 3 N–H and O–H groups in total. The molecule has 0 bridgehead atoms. The summed E-state index contributed by atoms with van der Waals surface area (Å²) in [6.45, 7) is 4.25. The van der Waals surface area contributed by atoms with Crippen LogP contribution in [-0.2, 0) is 11.8 Å². The van der Waals surface area contributed by atoms with Crippen molar-refractivity contribution in [2.75, 3.05) is 6.54 Å². The molecule has 0 spiro atoms. The van der Waals surface area contributed by atoms with Gasteiger partial charge >= 0.3 is 0 Å². The molecule has 1 rings (SSSR count). The molecule has 0 aliphatic heterocycles. The van der Waals surface area contributed by atoms with Crippen molar-refractivity contribution in [1.82, 2.24) is 15.1 Å². The van der Waals surface area contributed by atoms with Crippen molar-refractivity contribution >= 4 is 18.3 Å². The standard InChI is InChI=1S/C10H18N4O.ClH/c1-7(12-10(15)4-5-11)9-6-14(3)13-8(9)2;/h6-7H,4-5,11H2,1-3H3,(H,12,15);1H. The van der Waals surface area contributed by atoms with Gasteiger partial charge < -0.3 is 11.1 Å². The maximum absolute atomic E-state index is 11.3. The third kappa shape index (κ3) is 3.83. The van der Waals surface area contributed by atoms with Crippen LogP contribution >= 0.6 is 12.4 Å². The molecule has 1 aromatic heterocycles. The lowest BCUT2D eigenvalue weighted by Crippen LogP contribution is -2.28. The van der Waals surface area contributed by atoms with E-state index in [0.29, 0.717) is 13.0 Å². The second-order valence-corrected chi connectivity index (χ2v) is 3.67. The summed E-state index contributed by atoms with van der Waals surface area (Å²) in [5.74, 6) is -0.0201. The molecule has 92 valence electrons. The van der Waals surface area contributed by atoms with Gasteiger partial charge in [-0.15, -0.1) is 12.4 Å². The van der Waals surface area contributed by atoms with Crippen molar-refractivity contribution < 1.29 is 4.79 Å². The van der Waals surface area contributed by atoms with Crippen LogP contribution in [0.3, 0.4) is 0 Å². The number of hydrogen-bond donors (Lipinski definition) is 2. The fraction of sp³-hybridized carbons (Fsp3) is 0.600. The van der Waals surface area contributed by atoms with Crippen LogP contribution in [0.5, 0.6) is 0 Å². The van der Waals surface area contributed by atoms with Crippen LogP contribution in [0.25, 0.3) is 0 Å². The minimum absolute atomic E-state index is 0.